The van der Waals surface area contributed by atoms with Crippen LogP contribution in [-0.4, -0.2) is 10.4 Å². The summed E-state index contributed by atoms with van der Waals surface area (Å²) in [5.74, 6) is 0.0764. The van der Waals surface area contributed by atoms with Crippen LogP contribution in [0.5, 0.6) is 0 Å². The van der Waals surface area contributed by atoms with E-state index >= 15 is 0 Å². The molecule has 0 fully saturated rings. The van der Waals surface area contributed by atoms with Crippen molar-refractivity contribution in [2.24, 2.45) is 7.05 Å². The minimum absolute atomic E-state index is 0.0764. The van der Waals surface area contributed by atoms with Crippen molar-refractivity contribution in [3.05, 3.63) is 22.0 Å². The summed E-state index contributed by atoms with van der Waals surface area (Å²) < 4.78 is 1.83. The van der Waals surface area contributed by atoms with Crippen LogP contribution in [0, 0.1) is 13.8 Å². The second kappa shape index (κ2) is 2.94. The molecule has 0 radical (unpaired) electrons. The van der Waals surface area contributed by atoms with Gasteiger partial charge in [-0.15, -0.1) is 0 Å². The van der Waals surface area contributed by atoms with Gasteiger partial charge in [0.2, 0.25) is 0 Å². The van der Waals surface area contributed by atoms with Crippen LogP contribution in [0.15, 0.2) is 0 Å². The minimum atomic E-state index is 0.0764. The third kappa shape index (κ3) is 1.16. The fourth-order valence-corrected chi connectivity index (χ4v) is 1.68. The smallest absolute Gasteiger partial charge is 0.161 e. The van der Waals surface area contributed by atoms with E-state index in [1.807, 2.05) is 25.5 Å². The largest absolute Gasteiger partial charge is 0.338 e. The first kappa shape index (κ1) is 9.33. The van der Waals surface area contributed by atoms with Gasteiger partial charge >= 0.3 is 0 Å². The Kier molecular flexibility index (Phi) is 2.29. The number of hydrogen-bond donors (Lipinski definition) is 0. The summed E-state index contributed by atoms with van der Waals surface area (Å²) in [6, 6.07) is 0. The van der Waals surface area contributed by atoms with Crippen LogP contribution in [0.4, 0.5) is 0 Å². The topological polar surface area (TPSA) is 22.0 Å². The third-order valence-electron chi connectivity index (χ3n) is 2.20. The first-order valence-electron chi connectivity index (χ1n) is 3.79. The minimum Gasteiger partial charge on any atom is -0.338 e. The molecule has 0 aromatic carbocycles. The summed E-state index contributed by atoms with van der Waals surface area (Å²) in [5.41, 5.74) is 2.57. The Morgan fingerprint density at radius 2 is 1.92 bits per heavy atom. The molecule has 0 amide bonds. The lowest BCUT2D eigenvalue weighted by atomic mass is 10.1. The molecule has 0 saturated heterocycles. The van der Waals surface area contributed by atoms with Crippen LogP contribution in [0.2, 0.25) is 5.15 Å². The van der Waals surface area contributed by atoms with Crippen molar-refractivity contribution in [3.8, 4) is 0 Å². The first-order chi connectivity index (χ1) is 5.46. The highest BCUT2D eigenvalue weighted by Crippen LogP contribution is 2.25. The molecule has 12 heavy (non-hydrogen) atoms. The van der Waals surface area contributed by atoms with Crippen molar-refractivity contribution in [1.29, 1.82) is 0 Å². The zero-order chi connectivity index (χ0) is 9.46. The van der Waals surface area contributed by atoms with E-state index in [-0.39, 0.29) is 5.78 Å². The second-order valence-corrected chi connectivity index (χ2v) is 3.35. The van der Waals surface area contributed by atoms with Gasteiger partial charge in [-0.1, -0.05) is 11.6 Å². The van der Waals surface area contributed by atoms with Crippen LogP contribution >= 0.6 is 11.6 Å². The molecule has 3 heteroatoms. The lowest BCUT2D eigenvalue weighted by Gasteiger charge is -1.97. The maximum absolute atomic E-state index is 11.2. The number of ketones is 1. The monoisotopic (exact) mass is 185 g/mol. The van der Waals surface area contributed by atoms with Gasteiger partial charge in [-0.2, -0.15) is 0 Å². The Balaban J connectivity index is 3.48. The van der Waals surface area contributed by atoms with E-state index in [2.05, 4.69) is 0 Å². The fourth-order valence-electron chi connectivity index (χ4n) is 1.46. The van der Waals surface area contributed by atoms with E-state index in [4.69, 9.17) is 11.6 Å². The molecule has 0 atom stereocenters. The summed E-state index contributed by atoms with van der Waals surface area (Å²) in [6.07, 6.45) is 0. The number of rotatable bonds is 1. The third-order valence-corrected chi connectivity index (χ3v) is 2.73. The average molecular weight is 186 g/mol. The van der Waals surface area contributed by atoms with Gasteiger partial charge in [-0.3, -0.25) is 4.79 Å². The van der Waals surface area contributed by atoms with Crippen LogP contribution in [-0.2, 0) is 7.05 Å². The molecule has 0 saturated carbocycles. The molecule has 0 spiro atoms. The Morgan fingerprint density at radius 3 is 2.08 bits per heavy atom. The van der Waals surface area contributed by atoms with Crippen molar-refractivity contribution >= 4 is 17.4 Å². The number of nitrogens with zero attached hydrogens (tertiary/aromatic N) is 1. The highest BCUT2D eigenvalue weighted by Gasteiger charge is 2.16. The Morgan fingerprint density at radius 1 is 1.42 bits per heavy atom. The van der Waals surface area contributed by atoms with E-state index in [0.717, 1.165) is 16.8 Å². The van der Waals surface area contributed by atoms with Gasteiger partial charge in [-0.05, 0) is 26.3 Å². The summed E-state index contributed by atoms with van der Waals surface area (Å²) in [7, 11) is 1.86. The zero-order valence-electron chi connectivity index (χ0n) is 7.73. The molecule has 0 aliphatic rings. The Bertz CT molecular complexity index is 313. The summed E-state index contributed by atoms with van der Waals surface area (Å²) in [5, 5.41) is 0.651. The molecular formula is C9H12ClNO. The molecule has 0 aliphatic carbocycles. The molecule has 0 N–H and O–H groups in total. The predicted octanol–water partition coefficient (Wildman–Crippen LogP) is 2.50. The van der Waals surface area contributed by atoms with E-state index in [0.29, 0.717) is 5.15 Å². The molecule has 1 rings (SSSR count). The van der Waals surface area contributed by atoms with Crippen LogP contribution in [0.25, 0.3) is 0 Å². The molecule has 1 heterocycles. The van der Waals surface area contributed by atoms with E-state index in [1.165, 1.54) is 0 Å². The fraction of sp³-hybridized carbons (Fsp3) is 0.444. The van der Waals surface area contributed by atoms with Gasteiger partial charge in [0.05, 0.1) is 0 Å². The van der Waals surface area contributed by atoms with Crippen LogP contribution < -0.4 is 0 Å². The molecule has 1 aromatic rings. The van der Waals surface area contributed by atoms with Crippen molar-refractivity contribution in [2.75, 3.05) is 0 Å². The highest BCUT2D eigenvalue weighted by molar-refractivity contribution is 6.31. The SMILES string of the molecule is CC(=O)c1c(C)c(Cl)n(C)c1C. The van der Waals surface area contributed by atoms with Crippen molar-refractivity contribution in [2.45, 2.75) is 20.8 Å². The van der Waals surface area contributed by atoms with E-state index in [1.54, 1.807) is 6.92 Å². The molecular weight excluding hydrogens is 174 g/mol. The molecule has 0 unspecified atom stereocenters. The lowest BCUT2D eigenvalue weighted by molar-refractivity contribution is 0.101. The summed E-state index contributed by atoms with van der Waals surface area (Å²) >= 11 is 5.96. The quantitative estimate of drug-likeness (QED) is 0.617. The molecule has 0 aliphatic heterocycles. The predicted molar refractivity (Wildman–Crippen MR) is 49.9 cm³/mol. The number of carbonyl (C=O) groups is 1. The van der Waals surface area contributed by atoms with Gasteiger partial charge in [0.15, 0.2) is 5.78 Å². The number of carbonyl (C=O) groups excluding carboxylic acids is 1. The Labute approximate surface area is 77.1 Å². The zero-order valence-corrected chi connectivity index (χ0v) is 8.49. The van der Waals surface area contributed by atoms with E-state index in [9.17, 15) is 4.79 Å². The summed E-state index contributed by atoms with van der Waals surface area (Å²) in [4.78, 5) is 11.2. The Hall–Kier alpha value is -0.760. The number of aromatic nitrogens is 1. The standard InChI is InChI=1S/C9H12ClNO/c1-5-8(7(3)12)6(2)11(4)9(5)10/h1-4H3. The molecule has 1 aromatic heterocycles. The first-order valence-corrected chi connectivity index (χ1v) is 4.17. The van der Waals surface area contributed by atoms with Crippen LogP contribution in [0.1, 0.15) is 28.5 Å². The van der Waals surface area contributed by atoms with Gasteiger partial charge in [0, 0.05) is 18.3 Å². The number of Topliss-reactive ketones (excluding diaryl/α,β-unsaturated/α-hetero) is 1. The van der Waals surface area contributed by atoms with Gasteiger partial charge in [-0.25, -0.2) is 0 Å². The van der Waals surface area contributed by atoms with Crippen molar-refractivity contribution in [3.63, 3.8) is 0 Å². The van der Waals surface area contributed by atoms with Crippen molar-refractivity contribution in [1.82, 2.24) is 4.57 Å². The average Bonchev–Trinajstić information content (AvgIpc) is 2.16. The highest BCUT2D eigenvalue weighted by atomic mass is 35.5. The van der Waals surface area contributed by atoms with Gasteiger partial charge in [0.1, 0.15) is 5.15 Å². The number of hydrogen-bond acceptors (Lipinski definition) is 1. The maximum Gasteiger partial charge on any atom is 0.161 e. The normalized spacial score (nSPS) is 10.4. The molecule has 2 nitrogen and oxygen atoms in total. The molecule has 66 valence electrons. The maximum atomic E-state index is 11.2. The van der Waals surface area contributed by atoms with Gasteiger partial charge < -0.3 is 4.57 Å². The van der Waals surface area contributed by atoms with E-state index < -0.39 is 0 Å². The van der Waals surface area contributed by atoms with Crippen molar-refractivity contribution < 1.29 is 4.79 Å². The van der Waals surface area contributed by atoms with Crippen LogP contribution in [0.3, 0.4) is 0 Å². The second-order valence-electron chi connectivity index (χ2n) is 2.99. The number of halogens is 1. The molecule has 0 bridgehead atoms. The summed E-state index contributed by atoms with van der Waals surface area (Å²) in [6.45, 7) is 5.33. The lowest BCUT2D eigenvalue weighted by Crippen LogP contribution is -1.97. The van der Waals surface area contributed by atoms with Gasteiger partial charge in [0.25, 0.3) is 0 Å².